The van der Waals surface area contributed by atoms with E-state index >= 15 is 0 Å². The minimum atomic E-state index is -0.209. The summed E-state index contributed by atoms with van der Waals surface area (Å²) in [6, 6.07) is 13.4. The van der Waals surface area contributed by atoms with Gasteiger partial charge in [0.15, 0.2) is 0 Å². The van der Waals surface area contributed by atoms with Crippen molar-refractivity contribution in [1.82, 2.24) is 19.1 Å². The van der Waals surface area contributed by atoms with Crippen molar-refractivity contribution in [3.63, 3.8) is 0 Å². The molecule has 36 heavy (non-hydrogen) atoms. The number of rotatable bonds is 6. The molecule has 1 fully saturated rings. The lowest BCUT2D eigenvalue weighted by Crippen LogP contribution is -2.42. The Balaban J connectivity index is 1.55. The van der Waals surface area contributed by atoms with Gasteiger partial charge in [0.25, 0.3) is 5.56 Å². The van der Waals surface area contributed by atoms with E-state index in [0.29, 0.717) is 43.0 Å². The van der Waals surface area contributed by atoms with E-state index in [0.717, 1.165) is 27.4 Å². The van der Waals surface area contributed by atoms with Crippen LogP contribution < -0.4 is 5.56 Å². The molecule has 1 aliphatic rings. The first-order valence-electron chi connectivity index (χ1n) is 12.2. The van der Waals surface area contributed by atoms with Gasteiger partial charge >= 0.3 is 0 Å². The second-order valence-electron chi connectivity index (χ2n) is 9.02. The van der Waals surface area contributed by atoms with Crippen LogP contribution >= 0.6 is 15.9 Å². The molecule has 1 amide bonds. The number of halogens is 1. The minimum Gasteiger partial charge on any atom is -0.378 e. The van der Waals surface area contributed by atoms with Crippen LogP contribution in [0.1, 0.15) is 37.6 Å². The quantitative estimate of drug-likeness (QED) is 0.334. The molecule has 1 aliphatic heterocycles. The highest BCUT2D eigenvalue weighted by Gasteiger charge is 2.19. The van der Waals surface area contributed by atoms with Gasteiger partial charge in [0.2, 0.25) is 5.91 Å². The summed E-state index contributed by atoms with van der Waals surface area (Å²) in [5, 5.41) is 6.10. The predicted octanol–water partition coefficient (Wildman–Crippen LogP) is 4.37. The highest BCUT2D eigenvalue weighted by molar-refractivity contribution is 9.10. The number of fused-ring (bicyclic) bond motifs is 2. The van der Waals surface area contributed by atoms with Gasteiger partial charge in [-0.2, -0.15) is 9.78 Å². The molecule has 0 radical (unpaired) electrons. The average molecular weight is 550 g/mol. The van der Waals surface area contributed by atoms with Gasteiger partial charge in [-0.1, -0.05) is 48.0 Å². The molecule has 4 aromatic rings. The van der Waals surface area contributed by atoms with E-state index in [9.17, 15) is 9.59 Å². The molecule has 9 heteroatoms. The molecule has 8 nitrogen and oxygen atoms in total. The van der Waals surface area contributed by atoms with Crippen molar-refractivity contribution < 1.29 is 9.53 Å². The van der Waals surface area contributed by atoms with E-state index in [2.05, 4.69) is 28.0 Å². The number of hydrogen-bond donors (Lipinski definition) is 0. The summed E-state index contributed by atoms with van der Waals surface area (Å²) in [5.41, 5.74) is 2.22. The maximum atomic E-state index is 13.5. The number of benzene rings is 2. The Hall–Kier alpha value is -3.30. The monoisotopic (exact) mass is 549 g/mol. The van der Waals surface area contributed by atoms with Crippen molar-refractivity contribution in [3.8, 4) is 0 Å². The van der Waals surface area contributed by atoms with Crippen LogP contribution in [-0.4, -0.2) is 57.6 Å². The third-order valence-electron chi connectivity index (χ3n) is 6.69. The maximum absolute atomic E-state index is 13.5. The van der Waals surface area contributed by atoms with Crippen LogP contribution in [0.25, 0.3) is 21.8 Å². The molecule has 0 bridgehead atoms. The fraction of sp³-hybridized carbons (Fsp3) is 0.333. The molecular formula is C27H28BrN5O3. The molecule has 2 aromatic carbocycles. The van der Waals surface area contributed by atoms with E-state index in [1.54, 1.807) is 12.3 Å². The van der Waals surface area contributed by atoms with Gasteiger partial charge in [-0.3, -0.25) is 9.59 Å². The van der Waals surface area contributed by atoms with Crippen molar-refractivity contribution in [2.75, 3.05) is 26.3 Å². The van der Waals surface area contributed by atoms with Gasteiger partial charge in [0.05, 0.1) is 30.3 Å². The molecule has 1 atom stereocenters. The van der Waals surface area contributed by atoms with Crippen molar-refractivity contribution in [1.29, 1.82) is 0 Å². The molecule has 0 aliphatic carbocycles. The molecule has 186 valence electrons. The Morgan fingerprint density at radius 2 is 1.97 bits per heavy atom. The molecule has 2 aromatic heterocycles. The molecular weight excluding hydrogens is 522 g/mol. The van der Waals surface area contributed by atoms with Gasteiger partial charge < -0.3 is 14.2 Å². The topological polar surface area (TPSA) is 81.7 Å². The molecule has 5 rings (SSSR count). The number of hydrogen-bond acceptors (Lipinski definition) is 5. The Morgan fingerprint density at radius 3 is 2.75 bits per heavy atom. The summed E-state index contributed by atoms with van der Waals surface area (Å²) in [5.74, 6) is 0.734. The van der Waals surface area contributed by atoms with Gasteiger partial charge in [-0.05, 0) is 30.7 Å². The Kier molecular flexibility index (Phi) is 7.02. The van der Waals surface area contributed by atoms with E-state index in [1.165, 1.54) is 4.68 Å². The van der Waals surface area contributed by atoms with Crippen LogP contribution in [0.5, 0.6) is 0 Å². The number of aromatic nitrogens is 3. The fourth-order valence-electron chi connectivity index (χ4n) is 4.47. The van der Waals surface area contributed by atoms with Crippen molar-refractivity contribution in [2.24, 2.45) is 5.10 Å². The van der Waals surface area contributed by atoms with Crippen molar-refractivity contribution in [2.45, 2.75) is 32.7 Å². The van der Waals surface area contributed by atoms with Gasteiger partial charge in [-0.15, -0.1) is 0 Å². The van der Waals surface area contributed by atoms with Crippen molar-refractivity contribution in [3.05, 3.63) is 74.9 Å². The molecule has 0 spiro atoms. The number of amides is 1. The zero-order valence-corrected chi connectivity index (χ0v) is 21.9. The first-order chi connectivity index (χ1) is 17.5. The van der Waals surface area contributed by atoms with Crippen LogP contribution in [0.4, 0.5) is 0 Å². The Labute approximate surface area is 217 Å². The highest BCUT2D eigenvalue weighted by Crippen LogP contribution is 2.23. The van der Waals surface area contributed by atoms with E-state index < -0.39 is 0 Å². The number of morpholine rings is 1. The lowest BCUT2D eigenvalue weighted by Gasteiger charge is -2.27. The number of nitrogens with zero attached hydrogens (tertiary/aromatic N) is 5. The lowest BCUT2D eigenvalue weighted by atomic mass is 10.1. The van der Waals surface area contributed by atoms with Gasteiger partial charge in [0.1, 0.15) is 12.4 Å². The summed E-state index contributed by atoms with van der Waals surface area (Å²) in [4.78, 5) is 33.0. The standard InChI is InChI=1S/C27H28BrN5O3/c1-3-18(2)26-30-23-9-8-20(28)14-22(23)27(35)33(26)29-15-19-16-32(24-7-5-4-6-21(19)24)17-25(34)31-10-12-36-13-11-31/h4-9,14-16,18H,3,10-13,17H2,1-2H3/t18-/m0/s1. The summed E-state index contributed by atoms with van der Waals surface area (Å²) in [6.45, 7) is 6.70. The number of carbonyl (C=O) groups excluding carboxylic acids is 1. The second kappa shape index (κ2) is 10.4. The van der Waals surface area contributed by atoms with E-state index in [-0.39, 0.29) is 23.9 Å². The zero-order valence-electron chi connectivity index (χ0n) is 20.4. The van der Waals surface area contributed by atoms with E-state index in [4.69, 9.17) is 9.72 Å². The summed E-state index contributed by atoms with van der Waals surface area (Å²) < 4.78 is 9.54. The second-order valence-corrected chi connectivity index (χ2v) is 9.94. The Morgan fingerprint density at radius 1 is 1.19 bits per heavy atom. The van der Waals surface area contributed by atoms with Crippen LogP contribution in [0.3, 0.4) is 0 Å². The van der Waals surface area contributed by atoms with Gasteiger partial charge in [-0.25, -0.2) is 4.98 Å². The third kappa shape index (κ3) is 4.73. The third-order valence-corrected chi connectivity index (χ3v) is 7.18. The van der Waals surface area contributed by atoms with E-state index in [1.807, 2.05) is 59.0 Å². The fourth-order valence-corrected chi connectivity index (χ4v) is 4.83. The first-order valence-corrected chi connectivity index (χ1v) is 13.0. The van der Waals surface area contributed by atoms with Crippen LogP contribution in [0.2, 0.25) is 0 Å². The smallest absolute Gasteiger partial charge is 0.282 e. The first kappa shape index (κ1) is 24.4. The molecule has 3 heterocycles. The molecule has 0 saturated carbocycles. The Bertz CT molecular complexity index is 1520. The number of carbonyl (C=O) groups is 1. The lowest BCUT2D eigenvalue weighted by molar-refractivity contribution is -0.135. The van der Waals surface area contributed by atoms with Crippen LogP contribution in [-0.2, 0) is 16.1 Å². The van der Waals surface area contributed by atoms with Gasteiger partial charge in [0, 0.05) is 46.1 Å². The predicted molar refractivity (Wildman–Crippen MR) is 145 cm³/mol. The van der Waals surface area contributed by atoms with Crippen LogP contribution in [0, 0.1) is 0 Å². The average Bonchev–Trinajstić information content (AvgIpc) is 3.25. The zero-order chi connectivity index (χ0) is 25.2. The largest absolute Gasteiger partial charge is 0.378 e. The summed E-state index contributed by atoms with van der Waals surface area (Å²) >= 11 is 3.45. The molecule has 0 N–H and O–H groups in total. The molecule has 1 saturated heterocycles. The van der Waals surface area contributed by atoms with Crippen molar-refractivity contribution >= 4 is 49.9 Å². The highest BCUT2D eigenvalue weighted by atomic mass is 79.9. The summed E-state index contributed by atoms with van der Waals surface area (Å²) in [7, 11) is 0. The normalized spacial score (nSPS) is 15.2. The number of para-hydroxylation sites is 1. The maximum Gasteiger partial charge on any atom is 0.282 e. The van der Waals surface area contributed by atoms with Crippen LogP contribution in [0.15, 0.2) is 63.0 Å². The number of ether oxygens (including phenoxy) is 1. The minimum absolute atomic E-state index is 0.0513. The molecule has 0 unspecified atom stereocenters. The summed E-state index contributed by atoms with van der Waals surface area (Å²) in [6.07, 6.45) is 4.44. The SMILES string of the molecule is CC[C@H](C)c1nc2ccc(Br)cc2c(=O)n1N=Cc1cn(CC(=O)N2CCOCC2)c2ccccc12.